The molecule has 7 nitrogen and oxygen atoms in total. The summed E-state index contributed by atoms with van der Waals surface area (Å²) in [6.45, 7) is 0.350. The molecule has 3 heterocycles. The van der Waals surface area contributed by atoms with E-state index in [2.05, 4.69) is 10.4 Å². The summed E-state index contributed by atoms with van der Waals surface area (Å²) in [5.74, 6) is -1.26. The van der Waals surface area contributed by atoms with Gasteiger partial charge in [0.05, 0.1) is 17.7 Å². The topological polar surface area (TPSA) is 73.4 Å². The fraction of sp³-hybridized carbons (Fsp3) is 0.286. The van der Waals surface area contributed by atoms with E-state index in [0.29, 0.717) is 12.1 Å². The van der Waals surface area contributed by atoms with E-state index in [1.165, 1.54) is 9.58 Å². The summed E-state index contributed by atoms with van der Waals surface area (Å²) in [6, 6.07) is 11.2. The Morgan fingerprint density at radius 1 is 0.884 bits per heavy atom. The molecule has 0 radical (unpaired) electrons. The minimum atomic E-state index is -5.08. The van der Waals surface area contributed by atoms with Gasteiger partial charge < -0.3 is 9.88 Å². The Balaban J connectivity index is 0.00000253. The predicted octanol–water partition coefficient (Wildman–Crippen LogP) is 5.99. The number of H-pyrrole nitrogens is 1. The highest BCUT2D eigenvalue weighted by atomic mass is 35.5. The van der Waals surface area contributed by atoms with E-state index in [0.717, 1.165) is 16.5 Å². The first kappa shape index (κ1) is 33.8. The van der Waals surface area contributed by atoms with Crippen LogP contribution >= 0.6 is 24.8 Å². The van der Waals surface area contributed by atoms with Crippen LogP contribution in [0.25, 0.3) is 10.9 Å². The van der Waals surface area contributed by atoms with Gasteiger partial charge in [-0.1, -0.05) is 18.2 Å². The zero-order chi connectivity index (χ0) is 29.4. The number of aromatic amines is 1. The van der Waals surface area contributed by atoms with Gasteiger partial charge in [-0.05, 0) is 48.4 Å². The van der Waals surface area contributed by atoms with Crippen LogP contribution in [0.1, 0.15) is 27.0 Å². The van der Waals surface area contributed by atoms with Crippen LogP contribution in [0.15, 0.2) is 73.2 Å². The molecule has 0 aliphatic carbocycles. The van der Waals surface area contributed by atoms with Gasteiger partial charge in [-0.3, -0.25) is 24.6 Å². The number of para-hydroxylation sites is 1. The third-order valence-electron chi connectivity index (χ3n) is 7.02. The molecule has 1 fully saturated rings. The maximum atomic E-state index is 13.6. The Morgan fingerprint density at radius 3 is 2.14 bits per heavy atom. The summed E-state index contributed by atoms with van der Waals surface area (Å²) >= 11 is 0. The normalized spacial score (nSPS) is 16.0. The first-order chi connectivity index (χ1) is 19.4. The molecule has 1 saturated heterocycles. The number of aromatic nitrogens is 2. The predicted molar refractivity (Wildman–Crippen MR) is 153 cm³/mol. The molecule has 15 heteroatoms. The van der Waals surface area contributed by atoms with Crippen molar-refractivity contribution in [3.8, 4) is 0 Å². The Bertz CT molecular complexity index is 1520. The molecule has 1 aliphatic heterocycles. The number of halogens is 8. The fourth-order valence-corrected chi connectivity index (χ4v) is 5.10. The second-order valence-corrected chi connectivity index (χ2v) is 9.87. The summed E-state index contributed by atoms with van der Waals surface area (Å²) in [5.41, 5.74) is 0.550. The van der Waals surface area contributed by atoms with E-state index in [1.54, 1.807) is 35.6 Å². The molecule has 2 aromatic heterocycles. The van der Waals surface area contributed by atoms with Crippen molar-refractivity contribution in [3.63, 3.8) is 0 Å². The molecule has 2 N–H and O–H groups in total. The number of carbonyl (C=O) groups excluding carboxylic acids is 2. The largest absolute Gasteiger partial charge is 0.416 e. The number of hydrogen-bond acceptors (Lipinski definition) is 3. The van der Waals surface area contributed by atoms with E-state index < -0.39 is 41.0 Å². The van der Waals surface area contributed by atoms with Gasteiger partial charge in [-0.15, -0.1) is 24.8 Å². The van der Waals surface area contributed by atoms with Crippen molar-refractivity contribution in [1.29, 1.82) is 0 Å². The third-order valence-corrected chi connectivity index (χ3v) is 7.02. The van der Waals surface area contributed by atoms with Crippen LogP contribution in [0.5, 0.6) is 0 Å². The molecule has 2 aromatic carbocycles. The Morgan fingerprint density at radius 2 is 1.51 bits per heavy atom. The number of fused-ring (bicyclic) bond motifs is 1. The lowest BCUT2D eigenvalue weighted by Crippen LogP contribution is -2.57. The van der Waals surface area contributed by atoms with Crippen LogP contribution < -0.4 is 5.43 Å². The van der Waals surface area contributed by atoms with E-state index in [4.69, 9.17) is 0 Å². The van der Waals surface area contributed by atoms with Crippen molar-refractivity contribution in [3.05, 3.63) is 95.4 Å². The molecule has 0 saturated carbocycles. The molecule has 4 aromatic rings. The average Bonchev–Trinajstić information content (AvgIpc) is 3.57. The first-order valence-corrected chi connectivity index (χ1v) is 12.7. The Kier molecular flexibility index (Phi) is 10.5. The number of rotatable bonds is 6. The average molecular weight is 650 g/mol. The lowest BCUT2D eigenvalue weighted by atomic mass is 9.98. The monoisotopic (exact) mass is 649 g/mol. The molecule has 5 rings (SSSR count). The van der Waals surface area contributed by atoms with Crippen LogP contribution in [0.2, 0.25) is 0 Å². The quantitative estimate of drug-likeness (QED) is 0.252. The SMILES string of the molecule is Cl.Cl.O=C(CN1CCN(C(=O)c2cc(C(F)(F)F)cc(C(F)(F)F)c2)[C@H](Cc2c[nH]c3ccccc23)C1)Nn1cccc1. The fourth-order valence-electron chi connectivity index (χ4n) is 5.10. The smallest absolute Gasteiger partial charge is 0.361 e. The van der Waals surface area contributed by atoms with Gasteiger partial charge in [0.25, 0.3) is 11.8 Å². The maximum absolute atomic E-state index is 13.6. The number of amides is 2. The second kappa shape index (κ2) is 13.3. The molecule has 0 bridgehead atoms. The van der Waals surface area contributed by atoms with E-state index in [-0.39, 0.29) is 69.4 Å². The van der Waals surface area contributed by atoms with Gasteiger partial charge in [0, 0.05) is 60.7 Å². The lowest BCUT2D eigenvalue weighted by Gasteiger charge is -2.41. The molecule has 0 unspecified atom stereocenters. The van der Waals surface area contributed by atoms with Crippen molar-refractivity contribution in [1.82, 2.24) is 19.5 Å². The van der Waals surface area contributed by atoms with E-state index in [1.807, 2.05) is 24.3 Å². The molecular weight excluding hydrogens is 623 g/mol. The number of benzene rings is 2. The van der Waals surface area contributed by atoms with Crippen molar-refractivity contribution < 1.29 is 35.9 Å². The Hall–Kier alpha value is -3.68. The highest BCUT2D eigenvalue weighted by Crippen LogP contribution is 2.37. The van der Waals surface area contributed by atoms with Gasteiger partial charge in [0.15, 0.2) is 0 Å². The van der Waals surface area contributed by atoms with Crippen molar-refractivity contribution in [2.24, 2.45) is 0 Å². The standard InChI is InChI=1S/C28H25F6N5O2.2ClH/c29-27(30,31)20-11-18(12-21(14-20)28(32,33)34)26(41)39-10-9-37(17-25(40)36-38-7-3-4-8-38)16-22(39)13-19-15-35-24-6-2-1-5-23(19)24;;/h1-8,11-12,14-15,22,35H,9-10,13,16-17H2,(H,36,40);2*1H/t22-;;/m1../s1. The third kappa shape index (κ3) is 7.84. The highest BCUT2D eigenvalue weighted by Gasteiger charge is 2.39. The zero-order valence-corrected chi connectivity index (χ0v) is 23.9. The van der Waals surface area contributed by atoms with Gasteiger partial charge in [-0.25, -0.2) is 0 Å². The van der Waals surface area contributed by atoms with E-state index in [9.17, 15) is 35.9 Å². The van der Waals surface area contributed by atoms with E-state index >= 15 is 0 Å². The number of alkyl halides is 6. The summed E-state index contributed by atoms with van der Waals surface area (Å²) in [6.07, 6.45) is -4.83. The van der Waals surface area contributed by atoms with Crippen LogP contribution in [0, 0.1) is 0 Å². The number of nitrogens with zero attached hydrogens (tertiary/aromatic N) is 3. The van der Waals surface area contributed by atoms with Crippen LogP contribution in [0.4, 0.5) is 26.3 Å². The van der Waals surface area contributed by atoms with Crippen molar-refractivity contribution in [2.45, 2.75) is 24.8 Å². The first-order valence-electron chi connectivity index (χ1n) is 12.7. The summed E-state index contributed by atoms with van der Waals surface area (Å²) in [4.78, 5) is 32.4. The molecule has 232 valence electrons. The van der Waals surface area contributed by atoms with Crippen LogP contribution in [-0.2, 0) is 23.6 Å². The van der Waals surface area contributed by atoms with Gasteiger partial charge in [0.1, 0.15) is 0 Å². The van der Waals surface area contributed by atoms with Crippen molar-refractivity contribution in [2.75, 3.05) is 31.6 Å². The van der Waals surface area contributed by atoms with Gasteiger partial charge in [-0.2, -0.15) is 26.3 Å². The summed E-state index contributed by atoms with van der Waals surface area (Å²) in [7, 11) is 0. The Labute approximate surface area is 254 Å². The second-order valence-electron chi connectivity index (χ2n) is 9.87. The minimum Gasteiger partial charge on any atom is -0.361 e. The summed E-state index contributed by atoms with van der Waals surface area (Å²) in [5, 5.41) is 0.876. The molecule has 1 aliphatic rings. The van der Waals surface area contributed by atoms with Crippen LogP contribution in [-0.4, -0.2) is 63.5 Å². The highest BCUT2D eigenvalue weighted by molar-refractivity contribution is 5.95. The summed E-state index contributed by atoms with van der Waals surface area (Å²) < 4.78 is 82.4. The van der Waals surface area contributed by atoms with Gasteiger partial charge >= 0.3 is 12.4 Å². The zero-order valence-electron chi connectivity index (χ0n) is 22.3. The molecule has 0 spiro atoms. The lowest BCUT2D eigenvalue weighted by molar-refractivity contribution is -0.143. The molecular formula is C28H27Cl2F6N5O2. The number of hydrogen-bond donors (Lipinski definition) is 2. The number of carbonyl (C=O) groups is 2. The van der Waals surface area contributed by atoms with Crippen molar-refractivity contribution >= 4 is 47.5 Å². The molecule has 43 heavy (non-hydrogen) atoms. The van der Waals surface area contributed by atoms with Gasteiger partial charge in [0.2, 0.25) is 0 Å². The molecule has 2 amide bonds. The number of nitrogens with one attached hydrogen (secondary N) is 2. The maximum Gasteiger partial charge on any atom is 0.416 e. The van der Waals surface area contributed by atoms with Crippen LogP contribution in [0.3, 0.4) is 0 Å². The minimum absolute atomic E-state index is 0. The number of piperazine rings is 1. The molecule has 1 atom stereocenters.